The van der Waals surface area contributed by atoms with Crippen LogP contribution in [0.25, 0.3) is 6.08 Å². The van der Waals surface area contributed by atoms with Gasteiger partial charge in [0, 0.05) is 18.0 Å². The molecule has 11 heteroatoms. The zero-order valence-electron chi connectivity index (χ0n) is 26.4. The highest BCUT2D eigenvalue weighted by molar-refractivity contribution is 6.02. The van der Waals surface area contributed by atoms with Gasteiger partial charge in [-0.3, -0.25) is 19.2 Å². The zero-order valence-corrected chi connectivity index (χ0v) is 26.4. The van der Waals surface area contributed by atoms with Crippen molar-refractivity contribution in [1.82, 2.24) is 21.3 Å². The number of rotatable bonds is 13. The standard InChI is InChI=1S/C33H43N5O6/c1-20(2)29(40)37-28(22(4)39)32(43)36-27(31(42)35-18-23-13-11-21(3)12-14-23)19-44-26-10-8-9-24(16-26)15-25(17-34)30(41)38-33(5,6)7/h8-16,20,22,27-28,39H,18-19H2,1-7H3,(H,35,42)(H,36,43)(H,37,40)(H,38,41)/t22-,27?,28+/m1/s1. The van der Waals surface area contributed by atoms with E-state index in [1.165, 1.54) is 13.0 Å². The summed E-state index contributed by atoms with van der Waals surface area (Å²) >= 11 is 0. The summed E-state index contributed by atoms with van der Waals surface area (Å²) in [6.45, 7) is 12.0. The van der Waals surface area contributed by atoms with Crippen molar-refractivity contribution in [3.63, 3.8) is 0 Å². The molecule has 3 atom stereocenters. The molecule has 0 aliphatic heterocycles. The summed E-state index contributed by atoms with van der Waals surface area (Å²) < 4.78 is 5.88. The molecular weight excluding hydrogens is 562 g/mol. The van der Waals surface area contributed by atoms with Gasteiger partial charge < -0.3 is 31.1 Å². The quantitative estimate of drug-likeness (QED) is 0.173. The normalized spacial score (nSPS) is 13.6. The number of hydrogen-bond donors (Lipinski definition) is 5. The van der Waals surface area contributed by atoms with E-state index in [0.29, 0.717) is 11.3 Å². The van der Waals surface area contributed by atoms with Crippen LogP contribution in [0, 0.1) is 24.2 Å². The molecule has 1 unspecified atom stereocenters. The van der Waals surface area contributed by atoms with Gasteiger partial charge in [-0.25, -0.2) is 0 Å². The monoisotopic (exact) mass is 605 g/mol. The first-order valence-electron chi connectivity index (χ1n) is 14.4. The molecule has 2 aromatic rings. The Morgan fingerprint density at radius 2 is 1.64 bits per heavy atom. The fourth-order valence-electron chi connectivity index (χ4n) is 3.78. The lowest BCUT2D eigenvalue weighted by Crippen LogP contribution is -2.58. The smallest absolute Gasteiger partial charge is 0.262 e. The lowest BCUT2D eigenvalue weighted by Gasteiger charge is -2.25. The van der Waals surface area contributed by atoms with Crippen molar-refractivity contribution < 1.29 is 29.0 Å². The van der Waals surface area contributed by atoms with E-state index in [9.17, 15) is 29.5 Å². The number of aryl methyl sites for hydroxylation is 1. The zero-order chi connectivity index (χ0) is 33.0. The number of ether oxygens (including phenoxy) is 1. The second kappa shape index (κ2) is 16.2. The number of carbonyl (C=O) groups is 4. The number of nitrogens with zero attached hydrogens (tertiary/aromatic N) is 1. The van der Waals surface area contributed by atoms with Crippen molar-refractivity contribution in [3.8, 4) is 11.8 Å². The van der Waals surface area contributed by atoms with Crippen molar-refractivity contribution in [2.24, 2.45) is 5.92 Å². The lowest BCUT2D eigenvalue weighted by atomic mass is 10.1. The molecule has 0 saturated heterocycles. The van der Waals surface area contributed by atoms with Gasteiger partial charge in [-0.2, -0.15) is 5.26 Å². The van der Waals surface area contributed by atoms with Crippen LogP contribution in [0.3, 0.4) is 0 Å². The summed E-state index contributed by atoms with van der Waals surface area (Å²) in [6, 6.07) is 13.6. The summed E-state index contributed by atoms with van der Waals surface area (Å²) in [6.07, 6.45) is 0.190. The number of aliphatic hydroxyl groups excluding tert-OH is 1. The fraction of sp³-hybridized carbons (Fsp3) is 0.424. The predicted octanol–water partition coefficient (Wildman–Crippen LogP) is 2.52. The minimum Gasteiger partial charge on any atom is -0.491 e. The Morgan fingerprint density at radius 3 is 2.20 bits per heavy atom. The largest absolute Gasteiger partial charge is 0.491 e. The van der Waals surface area contributed by atoms with E-state index in [1.807, 2.05) is 58.0 Å². The average Bonchev–Trinajstić information content (AvgIpc) is 2.95. The van der Waals surface area contributed by atoms with Gasteiger partial charge >= 0.3 is 0 Å². The molecular formula is C33H43N5O6. The van der Waals surface area contributed by atoms with Crippen LogP contribution in [0.1, 0.15) is 58.2 Å². The Balaban J connectivity index is 2.25. The Labute approximate surface area is 259 Å². The van der Waals surface area contributed by atoms with Crippen molar-refractivity contribution in [3.05, 3.63) is 70.8 Å². The summed E-state index contributed by atoms with van der Waals surface area (Å²) in [5.41, 5.74) is 1.81. The minimum atomic E-state index is -1.30. The molecule has 0 radical (unpaired) electrons. The van der Waals surface area contributed by atoms with E-state index >= 15 is 0 Å². The third-order valence-electron chi connectivity index (χ3n) is 6.25. The Hall–Kier alpha value is -4.69. The molecule has 4 amide bonds. The van der Waals surface area contributed by atoms with Crippen molar-refractivity contribution >= 4 is 29.7 Å². The van der Waals surface area contributed by atoms with Gasteiger partial charge in [0.15, 0.2) is 0 Å². The average molecular weight is 606 g/mol. The second-order valence-corrected chi connectivity index (χ2v) is 11.9. The minimum absolute atomic E-state index is 0.0923. The highest BCUT2D eigenvalue weighted by atomic mass is 16.5. The first-order chi connectivity index (χ1) is 20.6. The van der Waals surface area contributed by atoms with Crippen molar-refractivity contribution in [1.29, 1.82) is 5.26 Å². The van der Waals surface area contributed by atoms with E-state index in [2.05, 4.69) is 21.3 Å². The summed E-state index contributed by atoms with van der Waals surface area (Å²) in [4.78, 5) is 51.2. The SMILES string of the molecule is Cc1ccc(CNC(=O)C(COc2cccc(C=C(C#N)C(=O)NC(C)(C)C)c2)NC(=O)[C@@H](NC(=O)C(C)C)[C@@H](C)O)cc1. The van der Waals surface area contributed by atoms with Crippen LogP contribution < -0.4 is 26.0 Å². The Morgan fingerprint density at radius 1 is 0.977 bits per heavy atom. The van der Waals surface area contributed by atoms with Gasteiger partial charge in [0.05, 0.1) is 6.10 Å². The second-order valence-electron chi connectivity index (χ2n) is 11.9. The van der Waals surface area contributed by atoms with Crippen LogP contribution in [0.2, 0.25) is 0 Å². The Kier molecular flexibility index (Phi) is 13.1. The molecule has 5 N–H and O–H groups in total. The lowest BCUT2D eigenvalue weighted by molar-refractivity contribution is -0.135. The number of carbonyl (C=O) groups excluding carboxylic acids is 4. The van der Waals surface area contributed by atoms with E-state index in [1.54, 1.807) is 38.1 Å². The number of hydrogen-bond acceptors (Lipinski definition) is 7. The van der Waals surface area contributed by atoms with Gasteiger partial charge in [0.1, 0.15) is 36.1 Å². The van der Waals surface area contributed by atoms with E-state index in [0.717, 1.165) is 11.1 Å². The third kappa shape index (κ3) is 11.9. The summed E-state index contributed by atoms with van der Waals surface area (Å²) in [7, 11) is 0. The molecule has 2 aromatic carbocycles. The number of nitriles is 1. The van der Waals surface area contributed by atoms with Crippen LogP contribution in [0.15, 0.2) is 54.1 Å². The number of amides is 4. The van der Waals surface area contributed by atoms with Crippen LogP contribution in [-0.2, 0) is 25.7 Å². The van der Waals surface area contributed by atoms with E-state index < -0.39 is 53.3 Å². The topological polar surface area (TPSA) is 170 Å². The molecule has 44 heavy (non-hydrogen) atoms. The Bertz CT molecular complexity index is 1390. The maximum Gasteiger partial charge on any atom is 0.262 e. The number of benzene rings is 2. The molecule has 0 aliphatic carbocycles. The fourth-order valence-corrected chi connectivity index (χ4v) is 3.78. The maximum absolute atomic E-state index is 13.3. The molecule has 0 fully saturated rings. The molecule has 0 aliphatic rings. The van der Waals surface area contributed by atoms with Crippen LogP contribution in [0.4, 0.5) is 0 Å². The summed E-state index contributed by atoms with van der Waals surface area (Å²) in [5, 5.41) is 30.4. The van der Waals surface area contributed by atoms with Gasteiger partial charge in [-0.05, 0) is 64.0 Å². The van der Waals surface area contributed by atoms with Crippen LogP contribution >= 0.6 is 0 Å². The highest BCUT2D eigenvalue weighted by Gasteiger charge is 2.30. The molecule has 0 spiro atoms. The predicted molar refractivity (Wildman–Crippen MR) is 167 cm³/mol. The first-order valence-corrected chi connectivity index (χ1v) is 14.4. The number of nitrogens with one attached hydrogen (secondary N) is 4. The van der Waals surface area contributed by atoms with Crippen LogP contribution in [-0.4, -0.2) is 59.1 Å². The highest BCUT2D eigenvalue weighted by Crippen LogP contribution is 2.17. The molecule has 2 rings (SSSR count). The van der Waals surface area contributed by atoms with E-state index in [-0.39, 0.29) is 18.7 Å². The van der Waals surface area contributed by atoms with Gasteiger partial charge in [0.2, 0.25) is 17.7 Å². The maximum atomic E-state index is 13.3. The van der Waals surface area contributed by atoms with Gasteiger partial charge in [0.25, 0.3) is 5.91 Å². The molecule has 0 bridgehead atoms. The third-order valence-corrected chi connectivity index (χ3v) is 6.25. The number of aliphatic hydroxyl groups is 1. The molecule has 0 aromatic heterocycles. The van der Waals surface area contributed by atoms with Gasteiger partial charge in [-0.1, -0.05) is 55.8 Å². The van der Waals surface area contributed by atoms with Crippen molar-refractivity contribution in [2.45, 2.75) is 78.7 Å². The molecule has 0 heterocycles. The molecule has 236 valence electrons. The van der Waals surface area contributed by atoms with Gasteiger partial charge in [-0.15, -0.1) is 0 Å². The van der Waals surface area contributed by atoms with E-state index in [4.69, 9.17) is 4.74 Å². The summed E-state index contributed by atoms with van der Waals surface area (Å²) in [5.74, 6) is -2.35. The van der Waals surface area contributed by atoms with Crippen molar-refractivity contribution in [2.75, 3.05) is 6.61 Å². The molecule has 0 saturated carbocycles. The van der Waals surface area contributed by atoms with Crippen LogP contribution in [0.5, 0.6) is 5.75 Å². The first kappa shape index (κ1) is 35.5. The molecule has 11 nitrogen and oxygen atoms in total.